The van der Waals surface area contributed by atoms with Crippen molar-refractivity contribution in [3.05, 3.63) is 53.5 Å². The zero-order valence-corrected chi connectivity index (χ0v) is 21.1. The lowest BCUT2D eigenvalue weighted by Gasteiger charge is -2.15. The number of imidazole rings is 1. The monoisotopic (exact) mass is 506 g/mol. The molecule has 2 aliphatic rings. The van der Waals surface area contributed by atoms with Gasteiger partial charge in [0.25, 0.3) is 5.92 Å². The minimum Gasteiger partial charge on any atom is -0.397 e. The summed E-state index contributed by atoms with van der Waals surface area (Å²) in [5.74, 6) is -2.21. The summed E-state index contributed by atoms with van der Waals surface area (Å²) >= 11 is 1.62. The van der Waals surface area contributed by atoms with E-state index in [0.29, 0.717) is 24.4 Å². The minimum absolute atomic E-state index is 0.214. The number of halogens is 2. The SMILES string of the molecule is CCSc1cc(-c2ccc(C3(C#N)CC3)cc2)cnc1-c1nc(/C=C(\N)C(F)(F)C2CC2)c(N)n1C. The van der Waals surface area contributed by atoms with Crippen LogP contribution in [0.5, 0.6) is 0 Å². The fourth-order valence-corrected chi connectivity index (χ4v) is 5.19. The molecule has 9 heteroatoms. The van der Waals surface area contributed by atoms with E-state index in [2.05, 4.69) is 24.0 Å². The van der Waals surface area contributed by atoms with Crippen LogP contribution in [0.4, 0.5) is 14.6 Å². The smallest absolute Gasteiger partial charge is 0.289 e. The van der Waals surface area contributed by atoms with E-state index in [1.165, 1.54) is 6.08 Å². The highest BCUT2D eigenvalue weighted by atomic mass is 32.2. The molecule has 0 radical (unpaired) electrons. The van der Waals surface area contributed by atoms with E-state index in [4.69, 9.17) is 16.5 Å². The predicted octanol–water partition coefficient (Wildman–Crippen LogP) is 5.74. The minimum atomic E-state index is -3.06. The predicted molar refractivity (Wildman–Crippen MR) is 139 cm³/mol. The summed E-state index contributed by atoms with van der Waals surface area (Å²) < 4.78 is 30.5. The third-order valence-electron chi connectivity index (χ3n) is 7.03. The normalized spacial score (nSPS) is 17.1. The Labute approximate surface area is 213 Å². The van der Waals surface area contributed by atoms with Crippen molar-refractivity contribution in [1.29, 1.82) is 5.26 Å². The number of pyridine rings is 1. The molecule has 4 N–H and O–H groups in total. The molecule has 3 aromatic rings. The van der Waals surface area contributed by atoms with Crippen molar-refractivity contribution >= 4 is 23.7 Å². The van der Waals surface area contributed by atoms with Gasteiger partial charge in [-0.3, -0.25) is 4.98 Å². The van der Waals surface area contributed by atoms with Gasteiger partial charge in [0.15, 0.2) is 5.82 Å². The summed E-state index contributed by atoms with van der Waals surface area (Å²) in [6, 6.07) is 12.6. The van der Waals surface area contributed by atoms with Crippen molar-refractivity contribution in [3.63, 3.8) is 0 Å². The van der Waals surface area contributed by atoms with Crippen molar-refractivity contribution < 1.29 is 8.78 Å². The molecular weight excluding hydrogens is 478 g/mol. The van der Waals surface area contributed by atoms with Gasteiger partial charge in [-0.05, 0) is 54.7 Å². The Morgan fingerprint density at radius 2 is 1.97 bits per heavy atom. The summed E-state index contributed by atoms with van der Waals surface area (Å²) in [4.78, 5) is 10.2. The molecule has 0 unspecified atom stereocenters. The van der Waals surface area contributed by atoms with E-state index in [1.54, 1.807) is 29.6 Å². The first kappa shape index (κ1) is 24.3. The molecule has 0 bridgehead atoms. The number of hydrogen-bond donors (Lipinski definition) is 2. The molecule has 186 valence electrons. The Kier molecular flexibility index (Phi) is 6.03. The maximum absolute atomic E-state index is 14.4. The van der Waals surface area contributed by atoms with Crippen molar-refractivity contribution in [1.82, 2.24) is 14.5 Å². The molecule has 6 nitrogen and oxygen atoms in total. The maximum Gasteiger partial charge on any atom is 0.289 e. The number of anilines is 1. The number of alkyl halides is 2. The van der Waals surface area contributed by atoms with E-state index >= 15 is 0 Å². The molecule has 2 saturated carbocycles. The summed E-state index contributed by atoms with van der Waals surface area (Å²) in [5, 5.41) is 9.46. The van der Waals surface area contributed by atoms with Crippen LogP contribution in [-0.2, 0) is 12.5 Å². The zero-order valence-electron chi connectivity index (χ0n) is 20.3. The number of nitriles is 1. The Hall–Kier alpha value is -3.38. The number of nitrogen functional groups attached to an aromatic ring is 1. The molecule has 2 aromatic heterocycles. The molecule has 36 heavy (non-hydrogen) atoms. The molecule has 0 spiro atoms. The van der Waals surface area contributed by atoms with Crippen LogP contribution < -0.4 is 11.5 Å². The van der Waals surface area contributed by atoms with Crippen molar-refractivity contribution in [2.45, 2.75) is 48.8 Å². The summed E-state index contributed by atoms with van der Waals surface area (Å²) in [7, 11) is 1.74. The Bertz CT molecular complexity index is 1380. The lowest BCUT2D eigenvalue weighted by molar-refractivity contribution is 0.0171. The number of thioether (sulfide) groups is 1. The molecular formula is C27H28F2N6S. The number of allylic oxidation sites excluding steroid dienone is 1. The zero-order chi connectivity index (χ0) is 25.7. The molecule has 0 amide bonds. The quantitative estimate of drug-likeness (QED) is 0.377. The lowest BCUT2D eigenvalue weighted by Crippen LogP contribution is -2.27. The third kappa shape index (κ3) is 4.24. The largest absolute Gasteiger partial charge is 0.397 e. The standard InChI is InChI=1S/C27H28F2N6S/c1-3-36-21-12-17(16-4-6-18(7-5-16)26(15-30)10-11-26)14-33-23(21)25-34-20(24(32)35(25)2)13-22(31)27(28,29)19-8-9-19/h4-7,12-14,19H,3,8-11,31-32H2,1-2H3/b22-13-. The Morgan fingerprint density at radius 3 is 2.56 bits per heavy atom. The Balaban J connectivity index is 1.49. The summed E-state index contributed by atoms with van der Waals surface area (Å²) in [5.41, 5.74) is 15.0. The highest BCUT2D eigenvalue weighted by molar-refractivity contribution is 7.99. The highest BCUT2D eigenvalue weighted by Crippen LogP contribution is 2.48. The van der Waals surface area contributed by atoms with Crippen LogP contribution in [-0.4, -0.2) is 26.2 Å². The van der Waals surface area contributed by atoms with Gasteiger partial charge in [-0.15, -0.1) is 11.8 Å². The van der Waals surface area contributed by atoms with Crippen LogP contribution in [0.1, 0.15) is 43.9 Å². The van der Waals surface area contributed by atoms with Gasteiger partial charge in [-0.2, -0.15) is 14.0 Å². The van der Waals surface area contributed by atoms with Gasteiger partial charge in [0, 0.05) is 29.6 Å². The first-order chi connectivity index (χ1) is 17.2. The van der Waals surface area contributed by atoms with Crippen LogP contribution in [0, 0.1) is 17.2 Å². The molecule has 0 atom stereocenters. The van der Waals surface area contributed by atoms with E-state index in [0.717, 1.165) is 40.2 Å². The van der Waals surface area contributed by atoms with Gasteiger partial charge in [0.2, 0.25) is 0 Å². The van der Waals surface area contributed by atoms with Crippen molar-refractivity contribution in [2.75, 3.05) is 11.5 Å². The second kappa shape index (κ2) is 8.93. The van der Waals surface area contributed by atoms with Gasteiger partial charge in [0.05, 0.1) is 17.2 Å². The van der Waals surface area contributed by atoms with E-state index in [1.807, 2.05) is 24.3 Å². The van der Waals surface area contributed by atoms with Gasteiger partial charge in [0.1, 0.15) is 17.2 Å². The number of aromatic nitrogens is 3. The van der Waals surface area contributed by atoms with Crippen LogP contribution in [0.15, 0.2) is 47.1 Å². The fourth-order valence-electron chi connectivity index (χ4n) is 4.38. The highest BCUT2D eigenvalue weighted by Gasteiger charge is 2.49. The molecule has 5 rings (SSSR count). The van der Waals surface area contributed by atoms with Crippen LogP contribution in [0.3, 0.4) is 0 Å². The van der Waals surface area contributed by atoms with Crippen molar-refractivity contribution in [2.24, 2.45) is 18.7 Å². The maximum atomic E-state index is 14.4. The van der Waals surface area contributed by atoms with Gasteiger partial charge >= 0.3 is 0 Å². The van der Waals surface area contributed by atoms with Gasteiger partial charge in [-0.25, -0.2) is 4.98 Å². The van der Waals surface area contributed by atoms with Crippen molar-refractivity contribution in [3.8, 4) is 28.7 Å². The molecule has 2 fully saturated rings. The number of hydrogen-bond acceptors (Lipinski definition) is 6. The molecule has 2 heterocycles. The number of rotatable bonds is 8. The molecule has 0 saturated heterocycles. The van der Waals surface area contributed by atoms with E-state index < -0.39 is 17.5 Å². The number of nitrogens with two attached hydrogens (primary N) is 2. The van der Waals surface area contributed by atoms with E-state index in [9.17, 15) is 14.0 Å². The lowest BCUT2D eigenvalue weighted by atomic mass is 9.95. The Morgan fingerprint density at radius 1 is 1.28 bits per heavy atom. The number of benzene rings is 1. The number of nitrogens with zero attached hydrogens (tertiary/aromatic N) is 4. The third-order valence-corrected chi connectivity index (χ3v) is 7.95. The molecule has 0 aliphatic heterocycles. The van der Waals surface area contributed by atoms with Crippen LogP contribution >= 0.6 is 11.8 Å². The second-order valence-electron chi connectivity index (χ2n) is 9.54. The average molecular weight is 507 g/mol. The molecule has 2 aliphatic carbocycles. The van der Waals surface area contributed by atoms with Gasteiger partial charge < -0.3 is 16.0 Å². The summed E-state index contributed by atoms with van der Waals surface area (Å²) in [6.45, 7) is 2.05. The first-order valence-electron chi connectivity index (χ1n) is 12.0. The fraction of sp³-hybridized carbons (Fsp3) is 0.370. The summed E-state index contributed by atoms with van der Waals surface area (Å²) in [6.07, 6.45) is 5.72. The van der Waals surface area contributed by atoms with E-state index in [-0.39, 0.29) is 16.9 Å². The average Bonchev–Trinajstić information content (AvgIpc) is 3.80. The van der Waals surface area contributed by atoms with Crippen LogP contribution in [0.2, 0.25) is 0 Å². The first-order valence-corrected chi connectivity index (χ1v) is 13.0. The second-order valence-corrected chi connectivity index (χ2v) is 10.8. The topological polar surface area (TPSA) is 107 Å². The molecule has 1 aromatic carbocycles. The van der Waals surface area contributed by atoms with Gasteiger partial charge in [-0.1, -0.05) is 31.2 Å². The van der Waals surface area contributed by atoms with Crippen LogP contribution in [0.25, 0.3) is 28.7 Å².